The van der Waals surface area contributed by atoms with E-state index in [4.69, 9.17) is 4.43 Å². The normalized spacial score (nSPS) is 23.5. The molecule has 0 N–H and O–H groups in total. The largest absolute Gasteiger partial charge is 0.414 e. The first-order valence-corrected chi connectivity index (χ1v) is 12.0. The Morgan fingerprint density at radius 2 is 1.91 bits per heavy atom. The topological polar surface area (TPSA) is 44.1 Å². The van der Waals surface area contributed by atoms with Crippen LogP contribution in [0.4, 0.5) is 0 Å². The first-order valence-electron chi connectivity index (χ1n) is 8.01. The van der Waals surface area contributed by atoms with Gasteiger partial charge in [0.05, 0.1) is 15.8 Å². The van der Waals surface area contributed by atoms with Crippen LogP contribution in [0.3, 0.4) is 0 Å². The van der Waals surface area contributed by atoms with E-state index >= 15 is 0 Å². The van der Waals surface area contributed by atoms with Crippen molar-refractivity contribution in [1.29, 1.82) is 0 Å². The molecule has 0 unspecified atom stereocenters. The van der Waals surface area contributed by atoms with Crippen molar-refractivity contribution in [1.82, 2.24) is 9.78 Å². The van der Waals surface area contributed by atoms with Crippen LogP contribution in [0.5, 0.6) is 0 Å². The van der Waals surface area contributed by atoms with Crippen molar-refractivity contribution in [3.8, 4) is 0 Å². The molecule has 1 saturated carbocycles. The average molecular weight is 434 g/mol. The van der Waals surface area contributed by atoms with Crippen molar-refractivity contribution in [2.24, 2.45) is 0 Å². The summed E-state index contributed by atoms with van der Waals surface area (Å²) in [7, 11) is -1.69. The summed E-state index contributed by atoms with van der Waals surface area (Å²) in [5, 5.41) is 4.65. The van der Waals surface area contributed by atoms with Crippen LogP contribution in [0.2, 0.25) is 18.1 Å². The number of nitrogens with zero attached hydrogens (tertiary/aromatic N) is 2. The highest BCUT2D eigenvalue weighted by Gasteiger charge is 2.40. The molecule has 6 heteroatoms. The molecule has 0 amide bonds. The fourth-order valence-electron chi connectivity index (χ4n) is 2.75. The Kier molecular flexibility index (Phi) is 5.54. The number of hydrogen-bond acceptors (Lipinski definition) is 3. The lowest BCUT2D eigenvalue weighted by Crippen LogP contribution is -2.44. The molecule has 0 saturated heterocycles. The van der Waals surface area contributed by atoms with Gasteiger partial charge in [-0.05, 0) is 66.4 Å². The number of carbonyl (C=O) groups excluding carboxylic acids is 1. The second-order valence-corrected chi connectivity index (χ2v) is 13.7. The summed E-state index contributed by atoms with van der Waals surface area (Å²) < 4.78 is 9.38. The van der Waals surface area contributed by atoms with E-state index in [1.165, 1.54) is 0 Å². The quantitative estimate of drug-likeness (QED) is 0.388. The van der Waals surface area contributed by atoms with Crippen molar-refractivity contribution in [2.75, 3.05) is 0 Å². The lowest BCUT2D eigenvalue weighted by Gasteiger charge is -2.41. The molecule has 0 aliphatic heterocycles. The molecule has 0 aromatic carbocycles. The summed E-state index contributed by atoms with van der Waals surface area (Å²) in [6, 6.07) is 0.336. The molecule has 0 radical (unpaired) electrons. The number of halogens is 1. The monoisotopic (exact) mass is 434 g/mol. The van der Waals surface area contributed by atoms with E-state index in [1.807, 2.05) is 4.68 Å². The van der Waals surface area contributed by atoms with E-state index in [9.17, 15) is 4.79 Å². The summed E-state index contributed by atoms with van der Waals surface area (Å²) in [5.74, 6) is 0. The summed E-state index contributed by atoms with van der Waals surface area (Å²) in [5.41, 5.74) is 0.717. The summed E-state index contributed by atoms with van der Waals surface area (Å²) in [6.45, 7) is 11.5. The van der Waals surface area contributed by atoms with Crippen LogP contribution < -0.4 is 0 Å². The molecule has 124 valence electrons. The first kappa shape index (κ1) is 18.1. The molecule has 1 aromatic rings. The average Bonchev–Trinajstić information content (AvgIpc) is 2.79. The zero-order valence-electron chi connectivity index (χ0n) is 14.2. The molecular formula is C16H27IN2O2Si. The van der Waals surface area contributed by atoms with Crippen LogP contribution in [0.1, 0.15) is 63.0 Å². The number of carbonyl (C=O) groups is 1. The van der Waals surface area contributed by atoms with E-state index in [-0.39, 0.29) is 5.04 Å². The highest BCUT2D eigenvalue weighted by atomic mass is 127. The molecule has 0 bridgehead atoms. The van der Waals surface area contributed by atoms with Gasteiger partial charge in [-0.1, -0.05) is 20.8 Å². The third kappa shape index (κ3) is 3.81. The fraction of sp³-hybridized carbons (Fsp3) is 0.750. The Morgan fingerprint density at radius 1 is 1.32 bits per heavy atom. The number of aromatic nitrogens is 2. The molecule has 2 rings (SSSR count). The molecule has 0 spiro atoms. The van der Waals surface area contributed by atoms with Crippen LogP contribution in [0, 0.1) is 3.57 Å². The highest BCUT2D eigenvalue weighted by molar-refractivity contribution is 14.1. The van der Waals surface area contributed by atoms with E-state index in [1.54, 1.807) is 6.20 Å². The maximum absolute atomic E-state index is 11.2. The second-order valence-electron chi connectivity index (χ2n) is 7.75. The summed E-state index contributed by atoms with van der Waals surface area (Å²) in [6.07, 6.45) is 7.27. The number of rotatable bonds is 4. The summed E-state index contributed by atoms with van der Waals surface area (Å²) in [4.78, 5) is 11.2. The minimum atomic E-state index is -1.69. The number of hydrogen-bond donors (Lipinski definition) is 0. The van der Waals surface area contributed by atoms with Gasteiger partial charge in [-0.15, -0.1) is 0 Å². The van der Waals surface area contributed by atoms with Gasteiger partial charge in [-0.3, -0.25) is 9.48 Å². The third-order valence-electron chi connectivity index (χ3n) is 5.16. The Bertz CT molecular complexity index is 529. The van der Waals surface area contributed by atoms with E-state index in [2.05, 4.69) is 61.6 Å². The second kappa shape index (κ2) is 6.73. The van der Waals surface area contributed by atoms with Crippen LogP contribution in [-0.4, -0.2) is 30.5 Å². The first-order chi connectivity index (χ1) is 10.2. The van der Waals surface area contributed by atoms with Crippen LogP contribution in [0.25, 0.3) is 0 Å². The summed E-state index contributed by atoms with van der Waals surface area (Å²) >= 11 is 2.17. The van der Waals surface area contributed by atoms with Crippen LogP contribution >= 0.6 is 22.6 Å². The Balaban J connectivity index is 1.97. The zero-order valence-corrected chi connectivity index (χ0v) is 17.4. The van der Waals surface area contributed by atoms with Gasteiger partial charge in [0.2, 0.25) is 0 Å². The Labute approximate surface area is 148 Å². The highest BCUT2D eigenvalue weighted by Crippen LogP contribution is 2.40. The van der Waals surface area contributed by atoms with Crippen LogP contribution in [0.15, 0.2) is 6.20 Å². The smallest absolute Gasteiger partial charge is 0.192 e. The molecule has 0 atom stereocenters. The molecule has 1 aliphatic carbocycles. The SMILES string of the molecule is CC(C)(C)[Si](C)(C)O[C@H]1CC[C@H](n2ncc(I)c2C=O)CC1. The van der Waals surface area contributed by atoms with Gasteiger partial charge < -0.3 is 4.43 Å². The van der Waals surface area contributed by atoms with Crippen molar-refractivity contribution in [3.05, 3.63) is 15.5 Å². The molecule has 4 nitrogen and oxygen atoms in total. The van der Waals surface area contributed by atoms with Gasteiger partial charge in [-0.25, -0.2) is 0 Å². The van der Waals surface area contributed by atoms with E-state index < -0.39 is 8.32 Å². The lowest BCUT2D eigenvalue weighted by molar-refractivity contribution is 0.107. The predicted molar refractivity (Wildman–Crippen MR) is 99.9 cm³/mol. The molecule has 1 heterocycles. The van der Waals surface area contributed by atoms with Crippen LogP contribution in [-0.2, 0) is 4.43 Å². The number of aldehydes is 1. The molecule has 1 fully saturated rings. The minimum Gasteiger partial charge on any atom is -0.414 e. The van der Waals surface area contributed by atoms with Gasteiger partial charge in [0.25, 0.3) is 0 Å². The van der Waals surface area contributed by atoms with Crippen molar-refractivity contribution in [3.63, 3.8) is 0 Å². The third-order valence-corrected chi connectivity index (χ3v) is 10.5. The standard InChI is InChI=1S/C16H27IN2O2Si/c1-16(2,3)22(4,5)21-13-8-6-12(7-9-13)19-15(11-20)14(17)10-18-19/h10-13H,6-9H2,1-5H3/t12-,13-. The zero-order chi connectivity index (χ0) is 16.5. The van der Waals surface area contributed by atoms with Gasteiger partial charge in [0, 0.05) is 6.10 Å². The molecule has 1 aromatic heterocycles. The minimum absolute atomic E-state index is 0.257. The van der Waals surface area contributed by atoms with Gasteiger partial charge in [-0.2, -0.15) is 5.10 Å². The molecule has 22 heavy (non-hydrogen) atoms. The van der Waals surface area contributed by atoms with E-state index in [0.717, 1.165) is 41.2 Å². The van der Waals surface area contributed by atoms with E-state index in [0.29, 0.717) is 12.1 Å². The van der Waals surface area contributed by atoms with Crippen molar-refractivity contribution >= 4 is 37.2 Å². The van der Waals surface area contributed by atoms with Gasteiger partial charge >= 0.3 is 0 Å². The Morgan fingerprint density at radius 3 is 2.41 bits per heavy atom. The van der Waals surface area contributed by atoms with Gasteiger partial charge in [0.1, 0.15) is 5.69 Å². The maximum atomic E-state index is 11.2. The molecular weight excluding hydrogens is 407 g/mol. The van der Waals surface area contributed by atoms with Gasteiger partial charge in [0.15, 0.2) is 14.6 Å². The van der Waals surface area contributed by atoms with Crippen molar-refractivity contribution < 1.29 is 9.22 Å². The maximum Gasteiger partial charge on any atom is 0.192 e. The fourth-order valence-corrected chi connectivity index (χ4v) is 4.67. The van der Waals surface area contributed by atoms with Crippen molar-refractivity contribution in [2.45, 2.75) is 76.7 Å². The predicted octanol–water partition coefficient (Wildman–Crippen LogP) is 4.81. The Hall–Kier alpha value is -0.213. The lowest BCUT2D eigenvalue weighted by atomic mass is 9.93. The molecule has 1 aliphatic rings.